The maximum atomic E-state index is 12.9. The van der Waals surface area contributed by atoms with E-state index in [-0.39, 0.29) is 6.61 Å². The normalized spacial score (nSPS) is 12.1. The van der Waals surface area contributed by atoms with Crippen molar-refractivity contribution in [1.29, 1.82) is 0 Å². The van der Waals surface area contributed by atoms with E-state index < -0.39 is 18.6 Å². The van der Waals surface area contributed by atoms with Crippen LogP contribution in [0.5, 0.6) is 5.75 Å². The third-order valence-corrected chi connectivity index (χ3v) is 1.85. The van der Waals surface area contributed by atoms with Crippen LogP contribution in [0, 0.1) is 6.92 Å². The first kappa shape index (κ1) is 11.5. The predicted molar refractivity (Wildman–Crippen MR) is 53.8 cm³/mol. The van der Waals surface area contributed by atoms with Gasteiger partial charge in [0.15, 0.2) is 0 Å². The fraction of sp³-hybridized carbons (Fsp3) is 0.364. The highest BCUT2D eigenvalue weighted by Gasteiger charge is 2.12. The molecule has 1 atom stereocenters. The van der Waals surface area contributed by atoms with E-state index in [2.05, 4.69) is 0 Å². The van der Waals surface area contributed by atoms with E-state index in [0.29, 0.717) is 5.75 Å². The third-order valence-electron chi connectivity index (χ3n) is 1.85. The summed E-state index contributed by atoms with van der Waals surface area (Å²) in [5, 5.41) is 8.32. The van der Waals surface area contributed by atoms with Crippen LogP contribution in [0.3, 0.4) is 0 Å². The zero-order chi connectivity index (χ0) is 11.3. The highest BCUT2D eigenvalue weighted by molar-refractivity contribution is 5.67. The number of ether oxygens (including phenoxy) is 1. The van der Waals surface area contributed by atoms with Crippen LogP contribution in [-0.4, -0.2) is 23.9 Å². The Labute approximate surface area is 87.5 Å². The molecule has 0 spiro atoms. The van der Waals surface area contributed by atoms with E-state index in [1.165, 1.54) is 0 Å². The van der Waals surface area contributed by atoms with Crippen molar-refractivity contribution >= 4 is 5.97 Å². The minimum Gasteiger partial charge on any atom is -0.491 e. The van der Waals surface area contributed by atoms with Crippen molar-refractivity contribution < 1.29 is 19.0 Å². The standard InChI is InChI=1S/C11H13FO3/c1-8-2-4-10(5-3-8)15-7-9(12)6-11(13)14/h2-5,9H,6-7H2,1H3,(H,13,14). The van der Waals surface area contributed by atoms with Crippen LogP contribution in [0.15, 0.2) is 24.3 Å². The van der Waals surface area contributed by atoms with Crippen molar-refractivity contribution in [2.75, 3.05) is 6.61 Å². The summed E-state index contributed by atoms with van der Waals surface area (Å²) in [6, 6.07) is 7.14. The summed E-state index contributed by atoms with van der Waals surface area (Å²) >= 11 is 0. The van der Waals surface area contributed by atoms with Gasteiger partial charge in [0.25, 0.3) is 0 Å². The Kier molecular flexibility index (Phi) is 4.09. The fourth-order valence-corrected chi connectivity index (χ4v) is 1.07. The predicted octanol–water partition coefficient (Wildman–Crippen LogP) is 2.19. The summed E-state index contributed by atoms with van der Waals surface area (Å²) < 4.78 is 18.0. The molecule has 1 aromatic carbocycles. The average molecular weight is 212 g/mol. The molecule has 1 N–H and O–H groups in total. The Balaban J connectivity index is 2.36. The van der Waals surface area contributed by atoms with Gasteiger partial charge in [0, 0.05) is 0 Å². The molecule has 3 nitrogen and oxygen atoms in total. The third kappa shape index (κ3) is 4.44. The summed E-state index contributed by atoms with van der Waals surface area (Å²) in [6.45, 7) is 1.71. The molecule has 4 heteroatoms. The molecule has 0 bridgehead atoms. The quantitative estimate of drug-likeness (QED) is 0.813. The Bertz CT molecular complexity index is 321. The maximum Gasteiger partial charge on any atom is 0.306 e. The number of carbonyl (C=O) groups is 1. The summed E-state index contributed by atoms with van der Waals surface area (Å²) in [5.41, 5.74) is 1.09. The minimum absolute atomic E-state index is 0.227. The van der Waals surface area contributed by atoms with Gasteiger partial charge in [0.05, 0.1) is 6.42 Å². The minimum atomic E-state index is -1.47. The van der Waals surface area contributed by atoms with Crippen molar-refractivity contribution in [3.8, 4) is 5.75 Å². The lowest BCUT2D eigenvalue weighted by molar-refractivity contribution is -0.138. The van der Waals surface area contributed by atoms with Gasteiger partial charge in [-0.3, -0.25) is 4.79 Å². The van der Waals surface area contributed by atoms with Crippen LogP contribution in [-0.2, 0) is 4.79 Å². The lowest BCUT2D eigenvalue weighted by atomic mass is 10.2. The van der Waals surface area contributed by atoms with Gasteiger partial charge < -0.3 is 9.84 Å². The number of aryl methyl sites for hydroxylation is 1. The van der Waals surface area contributed by atoms with Crippen LogP contribution in [0.1, 0.15) is 12.0 Å². The first-order valence-corrected chi connectivity index (χ1v) is 4.63. The Morgan fingerprint density at radius 2 is 2.07 bits per heavy atom. The lowest BCUT2D eigenvalue weighted by Gasteiger charge is -2.08. The van der Waals surface area contributed by atoms with E-state index in [0.717, 1.165) is 5.56 Å². The molecule has 0 aliphatic rings. The van der Waals surface area contributed by atoms with Gasteiger partial charge in [0.2, 0.25) is 0 Å². The smallest absolute Gasteiger partial charge is 0.306 e. The van der Waals surface area contributed by atoms with Gasteiger partial charge in [-0.15, -0.1) is 0 Å². The number of rotatable bonds is 5. The summed E-state index contributed by atoms with van der Waals surface area (Å²) in [6.07, 6.45) is -1.99. The molecule has 1 rings (SSSR count). The van der Waals surface area contributed by atoms with Crippen molar-refractivity contribution in [2.24, 2.45) is 0 Å². The second-order valence-electron chi connectivity index (χ2n) is 3.32. The highest BCUT2D eigenvalue weighted by Crippen LogP contribution is 2.12. The van der Waals surface area contributed by atoms with Crippen molar-refractivity contribution in [2.45, 2.75) is 19.5 Å². The second-order valence-corrected chi connectivity index (χ2v) is 3.32. The Morgan fingerprint density at radius 1 is 1.47 bits per heavy atom. The molecule has 0 aliphatic carbocycles. The molecule has 0 saturated heterocycles. The number of hydrogen-bond acceptors (Lipinski definition) is 2. The maximum absolute atomic E-state index is 12.9. The van der Waals surface area contributed by atoms with E-state index in [9.17, 15) is 9.18 Å². The molecule has 0 heterocycles. The van der Waals surface area contributed by atoms with E-state index >= 15 is 0 Å². The number of aliphatic carboxylic acids is 1. The molecule has 82 valence electrons. The van der Waals surface area contributed by atoms with Crippen LogP contribution in [0.4, 0.5) is 4.39 Å². The fourth-order valence-electron chi connectivity index (χ4n) is 1.07. The van der Waals surface area contributed by atoms with Crippen LogP contribution in [0.2, 0.25) is 0 Å². The van der Waals surface area contributed by atoms with Gasteiger partial charge in [0.1, 0.15) is 18.5 Å². The van der Waals surface area contributed by atoms with Crippen molar-refractivity contribution in [3.05, 3.63) is 29.8 Å². The highest BCUT2D eigenvalue weighted by atomic mass is 19.1. The number of benzene rings is 1. The molecule has 0 aliphatic heterocycles. The van der Waals surface area contributed by atoms with Crippen LogP contribution in [0.25, 0.3) is 0 Å². The molecule has 0 aromatic heterocycles. The van der Waals surface area contributed by atoms with Gasteiger partial charge >= 0.3 is 5.97 Å². The van der Waals surface area contributed by atoms with Gasteiger partial charge in [-0.25, -0.2) is 4.39 Å². The summed E-state index contributed by atoms with van der Waals surface area (Å²) in [5.74, 6) is -0.608. The number of carboxylic acids is 1. The molecule has 0 fully saturated rings. The van der Waals surface area contributed by atoms with Gasteiger partial charge in [-0.2, -0.15) is 0 Å². The molecule has 0 radical (unpaired) electrons. The Morgan fingerprint density at radius 3 is 2.60 bits per heavy atom. The number of alkyl halides is 1. The van der Waals surface area contributed by atoms with Gasteiger partial charge in [-0.05, 0) is 19.1 Å². The molecule has 0 saturated carbocycles. The molecular weight excluding hydrogens is 199 g/mol. The Hall–Kier alpha value is -1.58. The van der Waals surface area contributed by atoms with E-state index in [1.807, 2.05) is 19.1 Å². The second kappa shape index (κ2) is 5.34. The average Bonchev–Trinajstić information content (AvgIpc) is 2.16. The largest absolute Gasteiger partial charge is 0.491 e. The molecule has 1 unspecified atom stereocenters. The molecule has 15 heavy (non-hydrogen) atoms. The number of hydrogen-bond donors (Lipinski definition) is 1. The monoisotopic (exact) mass is 212 g/mol. The van der Waals surface area contributed by atoms with Gasteiger partial charge in [-0.1, -0.05) is 17.7 Å². The van der Waals surface area contributed by atoms with E-state index in [4.69, 9.17) is 9.84 Å². The summed E-state index contributed by atoms with van der Waals surface area (Å²) in [7, 11) is 0. The lowest BCUT2D eigenvalue weighted by Crippen LogP contribution is -2.16. The number of carboxylic acid groups (broad SMARTS) is 1. The zero-order valence-corrected chi connectivity index (χ0v) is 8.44. The van der Waals surface area contributed by atoms with Crippen LogP contribution < -0.4 is 4.74 Å². The topological polar surface area (TPSA) is 46.5 Å². The molecule has 1 aromatic rings. The molecule has 0 amide bonds. The van der Waals surface area contributed by atoms with Crippen LogP contribution >= 0.6 is 0 Å². The van der Waals surface area contributed by atoms with E-state index in [1.54, 1.807) is 12.1 Å². The first-order valence-electron chi connectivity index (χ1n) is 4.63. The number of halogens is 1. The zero-order valence-electron chi connectivity index (χ0n) is 8.44. The SMILES string of the molecule is Cc1ccc(OCC(F)CC(=O)O)cc1. The van der Waals surface area contributed by atoms with Crippen molar-refractivity contribution in [3.63, 3.8) is 0 Å². The summed E-state index contributed by atoms with van der Waals surface area (Å²) in [4.78, 5) is 10.2. The molecular formula is C11H13FO3. The van der Waals surface area contributed by atoms with Crippen molar-refractivity contribution in [1.82, 2.24) is 0 Å². The first-order chi connectivity index (χ1) is 7.08.